The molecule has 0 aliphatic carbocycles. The van der Waals surface area contributed by atoms with Gasteiger partial charge in [-0.3, -0.25) is 4.99 Å². The zero-order valence-electron chi connectivity index (χ0n) is 13.7. The number of hydrogen-bond donors (Lipinski definition) is 2. The molecule has 0 fully saturated rings. The minimum absolute atomic E-state index is 0. The van der Waals surface area contributed by atoms with Crippen molar-refractivity contribution in [1.82, 2.24) is 9.62 Å². The number of benzene rings is 1. The van der Waals surface area contributed by atoms with Gasteiger partial charge < -0.3 is 11.1 Å². The van der Waals surface area contributed by atoms with Gasteiger partial charge in [0.2, 0.25) is 10.0 Å². The van der Waals surface area contributed by atoms with E-state index in [9.17, 15) is 8.42 Å². The van der Waals surface area contributed by atoms with E-state index >= 15 is 0 Å². The van der Waals surface area contributed by atoms with Crippen molar-refractivity contribution in [3.63, 3.8) is 0 Å². The van der Waals surface area contributed by atoms with E-state index in [4.69, 9.17) is 5.73 Å². The van der Waals surface area contributed by atoms with Crippen LogP contribution in [0.4, 0.5) is 0 Å². The molecule has 1 rings (SSSR count). The fraction of sp³-hybridized carbons (Fsp3) is 0.533. The molecule has 0 atom stereocenters. The lowest BCUT2D eigenvalue weighted by atomic mass is 10.1. The summed E-state index contributed by atoms with van der Waals surface area (Å²) in [5.41, 5.74) is 7.02. The van der Waals surface area contributed by atoms with Crippen molar-refractivity contribution in [3.8, 4) is 0 Å². The van der Waals surface area contributed by atoms with Crippen molar-refractivity contribution in [2.75, 3.05) is 32.4 Å². The molecule has 1 aromatic rings. The second-order valence-electron chi connectivity index (χ2n) is 5.00. The zero-order chi connectivity index (χ0) is 16.4. The summed E-state index contributed by atoms with van der Waals surface area (Å²) in [5.74, 6) is 0.521. The second-order valence-corrected chi connectivity index (χ2v) is 7.37. The van der Waals surface area contributed by atoms with Gasteiger partial charge in [0.15, 0.2) is 5.96 Å². The first-order valence-corrected chi connectivity index (χ1v) is 9.08. The summed E-state index contributed by atoms with van der Waals surface area (Å²) < 4.78 is 24.5. The monoisotopic (exact) mass is 454 g/mol. The average Bonchev–Trinajstić information content (AvgIpc) is 2.52. The summed E-state index contributed by atoms with van der Waals surface area (Å²) in [6.07, 6.45) is 1.53. The van der Waals surface area contributed by atoms with Crippen LogP contribution in [0.1, 0.15) is 18.9 Å². The standard InChI is InChI=1S/C15H26N4O2S.HI/c1-3-22(20,21)19(2)13-7-11-17-15(16)18-12-10-14-8-5-4-6-9-14;/h4-6,8-9H,3,7,10-13H2,1-2H3,(H3,16,17,18);1H. The molecular formula is C15H27IN4O2S. The summed E-state index contributed by atoms with van der Waals surface area (Å²) in [5, 5.41) is 3.06. The van der Waals surface area contributed by atoms with E-state index in [1.165, 1.54) is 9.87 Å². The van der Waals surface area contributed by atoms with Crippen LogP contribution in [0.2, 0.25) is 0 Å². The van der Waals surface area contributed by atoms with Crippen molar-refractivity contribution in [3.05, 3.63) is 35.9 Å². The SMILES string of the molecule is CCS(=O)(=O)N(C)CCCN=C(N)NCCc1ccccc1.I. The molecule has 0 aromatic heterocycles. The molecule has 0 aliphatic heterocycles. The molecule has 1 aromatic carbocycles. The van der Waals surface area contributed by atoms with Crippen LogP contribution in [-0.2, 0) is 16.4 Å². The highest BCUT2D eigenvalue weighted by Crippen LogP contribution is 1.99. The number of halogens is 1. The number of aliphatic imine (C=N–C) groups is 1. The van der Waals surface area contributed by atoms with Crippen molar-refractivity contribution in [2.45, 2.75) is 19.8 Å². The first-order valence-electron chi connectivity index (χ1n) is 7.47. The Balaban J connectivity index is 0.00000484. The van der Waals surface area contributed by atoms with E-state index in [2.05, 4.69) is 22.4 Å². The summed E-state index contributed by atoms with van der Waals surface area (Å²) >= 11 is 0. The Labute approximate surface area is 156 Å². The lowest BCUT2D eigenvalue weighted by Crippen LogP contribution is -2.33. The molecule has 0 saturated heterocycles. The predicted octanol–water partition coefficient (Wildman–Crippen LogP) is 1.42. The van der Waals surface area contributed by atoms with Crippen LogP contribution >= 0.6 is 24.0 Å². The third-order valence-electron chi connectivity index (χ3n) is 3.32. The maximum Gasteiger partial charge on any atom is 0.213 e. The average molecular weight is 454 g/mol. The summed E-state index contributed by atoms with van der Waals surface area (Å²) in [4.78, 5) is 4.20. The summed E-state index contributed by atoms with van der Waals surface area (Å²) in [7, 11) is -1.52. The molecule has 3 N–H and O–H groups in total. The van der Waals surface area contributed by atoms with Gasteiger partial charge in [-0.2, -0.15) is 0 Å². The van der Waals surface area contributed by atoms with E-state index in [1.54, 1.807) is 14.0 Å². The Kier molecular flexibility index (Phi) is 11.2. The van der Waals surface area contributed by atoms with Crippen molar-refractivity contribution >= 4 is 40.0 Å². The van der Waals surface area contributed by atoms with E-state index in [-0.39, 0.29) is 29.7 Å². The number of guanidine groups is 1. The molecule has 23 heavy (non-hydrogen) atoms. The lowest BCUT2D eigenvalue weighted by Gasteiger charge is -2.15. The number of nitrogens with two attached hydrogens (primary N) is 1. The number of nitrogens with one attached hydrogen (secondary N) is 1. The third kappa shape index (κ3) is 9.11. The number of rotatable bonds is 9. The van der Waals surface area contributed by atoms with E-state index in [0.717, 1.165) is 13.0 Å². The molecule has 0 radical (unpaired) electrons. The normalized spacial score (nSPS) is 12.0. The van der Waals surface area contributed by atoms with Gasteiger partial charge in [0.1, 0.15) is 0 Å². The number of sulfonamides is 1. The Hall–Kier alpha value is -0.870. The van der Waals surface area contributed by atoms with Gasteiger partial charge in [0.25, 0.3) is 0 Å². The van der Waals surface area contributed by atoms with Crippen molar-refractivity contribution in [2.24, 2.45) is 10.7 Å². The first kappa shape index (κ1) is 22.1. The van der Waals surface area contributed by atoms with Gasteiger partial charge in [-0.15, -0.1) is 24.0 Å². The minimum Gasteiger partial charge on any atom is -0.370 e. The maximum absolute atomic E-state index is 11.6. The Morgan fingerprint density at radius 2 is 1.96 bits per heavy atom. The second kappa shape index (κ2) is 11.6. The van der Waals surface area contributed by atoms with Gasteiger partial charge >= 0.3 is 0 Å². The third-order valence-corrected chi connectivity index (χ3v) is 5.18. The molecule has 8 heteroatoms. The van der Waals surface area contributed by atoms with Crippen LogP contribution in [0.3, 0.4) is 0 Å². The molecule has 0 spiro atoms. The Morgan fingerprint density at radius 1 is 1.30 bits per heavy atom. The summed E-state index contributed by atoms with van der Waals surface area (Å²) in [6.45, 7) is 3.33. The fourth-order valence-electron chi connectivity index (χ4n) is 1.89. The number of hydrogen-bond acceptors (Lipinski definition) is 3. The highest BCUT2D eigenvalue weighted by atomic mass is 127. The van der Waals surface area contributed by atoms with Gasteiger partial charge in [-0.1, -0.05) is 30.3 Å². The minimum atomic E-state index is -3.11. The van der Waals surface area contributed by atoms with Crippen LogP contribution in [0.5, 0.6) is 0 Å². The van der Waals surface area contributed by atoms with Crippen molar-refractivity contribution < 1.29 is 8.42 Å². The largest absolute Gasteiger partial charge is 0.370 e. The molecule has 0 amide bonds. The molecule has 0 saturated carbocycles. The van der Waals surface area contributed by atoms with E-state index in [0.29, 0.717) is 25.5 Å². The van der Waals surface area contributed by atoms with Crippen molar-refractivity contribution in [1.29, 1.82) is 0 Å². The topological polar surface area (TPSA) is 87.8 Å². The molecule has 0 unspecified atom stereocenters. The zero-order valence-corrected chi connectivity index (χ0v) is 16.9. The van der Waals surface area contributed by atoms with E-state index < -0.39 is 10.0 Å². The molecule has 6 nitrogen and oxygen atoms in total. The highest BCUT2D eigenvalue weighted by molar-refractivity contribution is 14.0. The molecule has 0 heterocycles. The van der Waals surface area contributed by atoms with Gasteiger partial charge in [-0.05, 0) is 25.3 Å². The summed E-state index contributed by atoms with van der Waals surface area (Å²) in [6, 6.07) is 10.1. The predicted molar refractivity (Wildman–Crippen MR) is 107 cm³/mol. The fourth-order valence-corrected chi connectivity index (χ4v) is 2.74. The smallest absolute Gasteiger partial charge is 0.213 e. The molecule has 0 aliphatic rings. The van der Waals surface area contributed by atoms with Crippen LogP contribution in [0, 0.1) is 0 Å². The first-order chi connectivity index (χ1) is 10.5. The van der Waals surface area contributed by atoms with E-state index in [1.807, 2.05) is 18.2 Å². The molecule has 0 bridgehead atoms. The quantitative estimate of drug-likeness (QED) is 0.256. The maximum atomic E-state index is 11.6. The molecule has 132 valence electrons. The van der Waals surface area contributed by atoms with Crippen LogP contribution < -0.4 is 11.1 Å². The molecular weight excluding hydrogens is 427 g/mol. The number of nitrogens with zero attached hydrogens (tertiary/aromatic N) is 2. The Bertz CT molecular complexity index is 564. The Morgan fingerprint density at radius 3 is 2.57 bits per heavy atom. The lowest BCUT2D eigenvalue weighted by molar-refractivity contribution is 0.465. The van der Waals surface area contributed by atoms with Crippen LogP contribution in [0.15, 0.2) is 35.3 Å². The van der Waals surface area contributed by atoms with Gasteiger partial charge in [0.05, 0.1) is 5.75 Å². The van der Waals surface area contributed by atoms with Crippen LogP contribution in [-0.4, -0.2) is 51.1 Å². The highest BCUT2D eigenvalue weighted by Gasteiger charge is 2.13. The van der Waals surface area contributed by atoms with Crippen LogP contribution in [0.25, 0.3) is 0 Å². The van der Waals surface area contributed by atoms with Gasteiger partial charge in [-0.25, -0.2) is 12.7 Å². The van der Waals surface area contributed by atoms with Gasteiger partial charge in [0, 0.05) is 26.7 Å².